The summed E-state index contributed by atoms with van der Waals surface area (Å²) in [5, 5.41) is 10.7. The van der Waals surface area contributed by atoms with E-state index in [4.69, 9.17) is 0 Å². The van der Waals surface area contributed by atoms with Crippen molar-refractivity contribution in [2.75, 3.05) is 32.5 Å². The van der Waals surface area contributed by atoms with E-state index in [1.54, 1.807) is 0 Å². The van der Waals surface area contributed by atoms with E-state index >= 15 is 0 Å². The smallest absolute Gasteiger partial charge is 0.145 e. The van der Waals surface area contributed by atoms with Gasteiger partial charge in [-0.15, -0.1) is 0 Å². The first-order chi connectivity index (χ1) is 13.3. The summed E-state index contributed by atoms with van der Waals surface area (Å²) in [6, 6.07) is 8.10. The van der Waals surface area contributed by atoms with Crippen LogP contribution in [0.1, 0.15) is 53.8 Å². The van der Waals surface area contributed by atoms with Crippen LogP contribution in [0.4, 0.5) is 5.82 Å². The van der Waals surface area contributed by atoms with Crippen molar-refractivity contribution >= 4 is 16.7 Å². The third kappa shape index (κ3) is 12.1. The van der Waals surface area contributed by atoms with Crippen molar-refractivity contribution in [3.05, 3.63) is 42.2 Å². The SMILES string of the molecule is C/C=C\C.CC.CC.CNCCCNc1nc(CNC)nc2ccccc12. The van der Waals surface area contributed by atoms with Crippen molar-refractivity contribution < 1.29 is 0 Å². The molecule has 0 amide bonds. The average molecular weight is 376 g/mol. The van der Waals surface area contributed by atoms with Gasteiger partial charge in [0.05, 0.1) is 12.1 Å². The molecule has 0 saturated carbocycles. The summed E-state index contributed by atoms with van der Waals surface area (Å²) >= 11 is 0. The molecule has 154 valence electrons. The molecule has 1 heterocycles. The molecule has 0 spiro atoms. The van der Waals surface area contributed by atoms with Crippen molar-refractivity contribution in [1.29, 1.82) is 0 Å². The highest BCUT2D eigenvalue weighted by atomic mass is 15.0. The summed E-state index contributed by atoms with van der Waals surface area (Å²) in [6.07, 6.45) is 5.07. The first-order valence-electron chi connectivity index (χ1n) is 10.1. The number of benzene rings is 1. The van der Waals surface area contributed by atoms with E-state index < -0.39 is 0 Å². The van der Waals surface area contributed by atoms with Gasteiger partial charge >= 0.3 is 0 Å². The molecule has 0 atom stereocenters. The number of hydrogen-bond acceptors (Lipinski definition) is 5. The monoisotopic (exact) mass is 375 g/mol. The number of rotatable bonds is 7. The molecule has 0 radical (unpaired) electrons. The maximum Gasteiger partial charge on any atom is 0.145 e. The lowest BCUT2D eigenvalue weighted by Crippen LogP contribution is -2.15. The highest BCUT2D eigenvalue weighted by Gasteiger charge is 2.06. The molecule has 0 bridgehead atoms. The van der Waals surface area contributed by atoms with Gasteiger partial charge in [0.15, 0.2) is 0 Å². The van der Waals surface area contributed by atoms with Gasteiger partial charge in [-0.1, -0.05) is 52.0 Å². The summed E-state index contributed by atoms with van der Waals surface area (Å²) in [5.41, 5.74) is 0.985. The Morgan fingerprint density at radius 2 is 1.48 bits per heavy atom. The van der Waals surface area contributed by atoms with Crippen LogP contribution in [0.5, 0.6) is 0 Å². The Balaban J connectivity index is 0. The number of allylic oxidation sites excluding steroid dienone is 2. The van der Waals surface area contributed by atoms with Gasteiger partial charge in [-0.2, -0.15) is 0 Å². The van der Waals surface area contributed by atoms with Gasteiger partial charge in [-0.05, 0) is 53.0 Å². The Labute approximate surface area is 167 Å². The molecule has 27 heavy (non-hydrogen) atoms. The molecule has 0 unspecified atom stereocenters. The summed E-state index contributed by atoms with van der Waals surface area (Å²) < 4.78 is 0. The maximum absolute atomic E-state index is 4.58. The van der Waals surface area contributed by atoms with Crippen LogP contribution in [0, 0.1) is 0 Å². The zero-order chi connectivity index (χ0) is 20.9. The minimum atomic E-state index is 0.677. The van der Waals surface area contributed by atoms with Gasteiger partial charge in [0, 0.05) is 11.9 Å². The molecule has 3 N–H and O–H groups in total. The van der Waals surface area contributed by atoms with Crippen LogP contribution in [0.25, 0.3) is 10.9 Å². The third-order valence-electron chi connectivity index (χ3n) is 3.21. The van der Waals surface area contributed by atoms with E-state index in [0.29, 0.717) is 6.54 Å². The highest BCUT2D eigenvalue weighted by molar-refractivity contribution is 5.88. The first kappa shape index (κ1) is 27.2. The Bertz CT molecular complexity index is 592. The van der Waals surface area contributed by atoms with E-state index in [9.17, 15) is 0 Å². The van der Waals surface area contributed by atoms with E-state index in [2.05, 4.69) is 32.0 Å². The van der Waals surface area contributed by atoms with Crippen LogP contribution >= 0.6 is 0 Å². The largest absolute Gasteiger partial charge is 0.369 e. The second kappa shape index (κ2) is 20.3. The zero-order valence-corrected chi connectivity index (χ0v) is 18.7. The molecule has 0 aliphatic rings. The van der Waals surface area contributed by atoms with Gasteiger partial charge in [-0.25, -0.2) is 9.97 Å². The number of hydrogen-bond donors (Lipinski definition) is 3. The minimum Gasteiger partial charge on any atom is -0.369 e. The normalized spacial score (nSPS) is 9.48. The zero-order valence-electron chi connectivity index (χ0n) is 18.7. The Kier molecular flexibility index (Phi) is 20.5. The van der Waals surface area contributed by atoms with Crippen LogP contribution in [0.3, 0.4) is 0 Å². The molecule has 2 rings (SSSR count). The second-order valence-electron chi connectivity index (χ2n) is 5.09. The molecule has 2 aromatic rings. The number of aromatic nitrogens is 2. The van der Waals surface area contributed by atoms with Crippen molar-refractivity contribution in [2.24, 2.45) is 0 Å². The van der Waals surface area contributed by atoms with Crippen molar-refractivity contribution in [2.45, 2.75) is 54.5 Å². The summed E-state index contributed by atoms with van der Waals surface area (Å²) in [7, 11) is 3.86. The number of fused-ring (bicyclic) bond motifs is 1. The highest BCUT2D eigenvalue weighted by Crippen LogP contribution is 2.19. The van der Waals surface area contributed by atoms with E-state index in [-0.39, 0.29) is 0 Å². The number of para-hydroxylation sites is 1. The summed E-state index contributed by atoms with van der Waals surface area (Å²) in [5.74, 6) is 1.74. The van der Waals surface area contributed by atoms with Crippen LogP contribution in [-0.2, 0) is 6.54 Å². The average Bonchev–Trinajstić information content (AvgIpc) is 2.74. The van der Waals surface area contributed by atoms with Gasteiger partial charge in [0.25, 0.3) is 0 Å². The molecule has 0 aliphatic carbocycles. The predicted molar refractivity (Wildman–Crippen MR) is 123 cm³/mol. The van der Waals surface area contributed by atoms with Crippen LogP contribution in [-0.4, -0.2) is 37.2 Å². The second-order valence-corrected chi connectivity index (χ2v) is 5.09. The van der Waals surface area contributed by atoms with Crippen LogP contribution in [0.15, 0.2) is 36.4 Å². The molecular formula is C22H41N5. The van der Waals surface area contributed by atoms with Gasteiger partial charge < -0.3 is 16.0 Å². The topological polar surface area (TPSA) is 61.9 Å². The molecule has 5 heteroatoms. The number of nitrogens with zero attached hydrogens (tertiary/aromatic N) is 2. The first-order valence-corrected chi connectivity index (χ1v) is 10.1. The molecule has 5 nitrogen and oxygen atoms in total. The molecule has 1 aromatic carbocycles. The quantitative estimate of drug-likeness (QED) is 0.469. The van der Waals surface area contributed by atoms with Crippen LogP contribution in [0.2, 0.25) is 0 Å². The van der Waals surface area contributed by atoms with Gasteiger partial charge in [-0.3, -0.25) is 0 Å². The maximum atomic E-state index is 4.58. The van der Waals surface area contributed by atoms with Crippen molar-refractivity contribution in [3.8, 4) is 0 Å². The molecule has 0 saturated heterocycles. The molecule has 1 aromatic heterocycles. The third-order valence-corrected chi connectivity index (χ3v) is 3.21. The number of anilines is 1. The number of nitrogens with one attached hydrogen (secondary N) is 3. The lowest BCUT2D eigenvalue weighted by molar-refractivity contribution is 0.742. The minimum absolute atomic E-state index is 0.677. The standard InChI is InChI=1S/C14H21N5.C4H8.2C2H6/c1-15-8-5-9-17-14-11-6-3-4-7-12(11)18-13(19-14)10-16-2;1-3-4-2;2*1-2/h3-4,6-7,15-16H,5,8-10H2,1-2H3,(H,17,18,19);3-4H,1-2H3;2*1-2H3/b;4-3-;;. The van der Waals surface area contributed by atoms with E-state index in [1.165, 1.54) is 0 Å². The summed E-state index contributed by atoms with van der Waals surface area (Å²) in [4.78, 5) is 9.13. The van der Waals surface area contributed by atoms with Gasteiger partial charge in [0.1, 0.15) is 11.6 Å². The van der Waals surface area contributed by atoms with E-state index in [1.807, 2.05) is 86.0 Å². The molecule has 0 fully saturated rings. The van der Waals surface area contributed by atoms with Crippen molar-refractivity contribution in [1.82, 2.24) is 20.6 Å². The fraction of sp³-hybridized carbons (Fsp3) is 0.545. The van der Waals surface area contributed by atoms with Crippen molar-refractivity contribution in [3.63, 3.8) is 0 Å². The molecular weight excluding hydrogens is 334 g/mol. The fourth-order valence-corrected chi connectivity index (χ4v) is 1.97. The fourth-order valence-electron chi connectivity index (χ4n) is 1.97. The molecule has 0 aliphatic heterocycles. The van der Waals surface area contributed by atoms with Gasteiger partial charge in [0.2, 0.25) is 0 Å². The lowest BCUT2D eigenvalue weighted by Gasteiger charge is -2.10. The lowest BCUT2D eigenvalue weighted by atomic mass is 10.2. The predicted octanol–water partition coefficient (Wildman–Crippen LogP) is 5.01. The Morgan fingerprint density at radius 1 is 0.852 bits per heavy atom. The van der Waals surface area contributed by atoms with E-state index in [0.717, 1.165) is 42.1 Å². The Hall–Kier alpha value is -1.98. The Morgan fingerprint density at radius 3 is 2.04 bits per heavy atom. The summed E-state index contributed by atoms with van der Waals surface area (Å²) in [6.45, 7) is 14.6. The van der Waals surface area contributed by atoms with Crippen LogP contribution < -0.4 is 16.0 Å².